The summed E-state index contributed by atoms with van der Waals surface area (Å²) in [6, 6.07) is 6.75. The Morgan fingerprint density at radius 2 is 1.94 bits per heavy atom. The molecule has 0 aliphatic rings. The van der Waals surface area contributed by atoms with E-state index in [1.54, 1.807) is 16.9 Å². The molecule has 0 fully saturated rings. The van der Waals surface area contributed by atoms with Crippen molar-refractivity contribution in [3.05, 3.63) is 47.5 Å². The van der Waals surface area contributed by atoms with Crippen LogP contribution in [0.2, 0.25) is 0 Å². The smallest absolute Gasteiger partial charge is 0.149 e. The van der Waals surface area contributed by atoms with Gasteiger partial charge in [0.05, 0.1) is 5.69 Å². The maximum atomic E-state index is 14.0. The number of nitrogens with two attached hydrogens (primary N) is 1. The molecule has 0 aliphatic carbocycles. The second-order valence-corrected chi connectivity index (χ2v) is 4.84. The molecule has 0 aliphatic heterocycles. The Morgan fingerprint density at radius 1 is 1.22 bits per heavy atom. The van der Waals surface area contributed by atoms with Crippen LogP contribution >= 0.6 is 0 Å². The minimum absolute atomic E-state index is 0.169. The van der Waals surface area contributed by atoms with Gasteiger partial charge in [-0.2, -0.15) is 5.10 Å². The normalized spacial score (nSPS) is 13.0. The molecular formula is C14H18FN3. The van der Waals surface area contributed by atoms with Crippen molar-refractivity contribution in [2.24, 2.45) is 5.73 Å². The largest absolute Gasteiger partial charge is 0.324 e. The van der Waals surface area contributed by atoms with Gasteiger partial charge in [0.15, 0.2) is 0 Å². The van der Waals surface area contributed by atoms with E-state index in [0.29, 0.717) is 11.6 Å². The number of hydrogen-bond acceptors (Lipinski definition) is 2. The second kappa shape index (κ2) is 4.90. The fourth-order valence-electron chi connectivity index (χ4n) is 1.77. The SMILES string of the molecule is CC(C)c1ccn(-c2ccc([C@H](C)N)cc2F)n1. The predicted octanol–water partition coefficient (Wildman–Crippen LogP) is 3.15. The molecule has 1 aromatic heterocycles. The Balaban J connectivity index is 2.38. The lowest BCUT2D eigenvalue weighted by molar-refractivity contribution is 0.603. The molecule has 1 heterocycles. The average Bonchev–Trinajstić information content (AvgIpc) is 2.78. The highest BCUT2D eigenvalue weighted by Gasteiger charge is 2.10. The van der Waals surface area contributed by atoms with Crippen molar-refractivity contribution in [1.29, 1.82) is 0 Å². The highest BCUT2D eigenvalue weighted by atomic mass is 19.1. The van der Waals surface area contributed by atoms with Gasteiger partial charge in [0.25, 0.3) is 0 Å². The van der Waals surface area contributed by atoms with E-state index in [4.69, 9.17) is 5.73 Å². The van der Waals surface area contributed by atoms with Gasteiger partial charge < -0.3 is 5.73 Å². The predicted molar refractivity (Wildman–Crippen MR) is 70.2 cm³/mol. The third-order valence-corrected chi connectivity index (χ3v) is 2.95. The summed E-state index contributed by atoms with van der Waals surface area (Å²) in [6.45, 7) is 5.95. The Hall–Kier alpha value is -1.68. The fraction of sp³-hybridized carbons (Fsp3) is 0.357. The van der Waals surface area contributed by atoms with Gasteiger partial charge in [0, 0.05) is 12.2 Å². The van der Waals surface area contributed by atoms with Crippen LogP contribution in [0, 0.1) is 5.82 Å². The number of nitrogens with zero attached hydrogens (tertiary/aromatic N) is 2. The van der Waals surface area contributed by atoms with Crippen molar-refractivity contribution >= 4 is 0 Å². The average molecular weight is 247 g/mol. The summed E-state index contributed by atoms with van der Waals surface area (Å²) >= 11 is 0. The Bertz CT molecular complexity index is 544. The molecule has 0 bridgehead atoms. The number of benzene rings is 1. The molecule has 0 unspecified atom stereocenters. The monoisotopic (exact) mass is 247 g/mol. The van der Waals surface area contributed by atoms with Gasteiger partial charge in [-0.1, -0.05) is 19.9 Å². The fourth-order valence-corrected chi connectivity index (χ4v) is 1.77. The maximum absolute atomic E-state index is 14.0. The van der Waals surface area contributed by atoms with Crippen LogP contribution in [0.5, 0.6) is 0 Å². The van der Waals surface area contributed by atoms with Crippen molar-refractivity contribution in [3.8, 4) is 5.69 Å². The van der Waals surface area contributed by atoms with Crippen LogP contribution in [0.3, 0.4) is 0 Å². The molecule has 18 heavy (non-hydrogen) atoms. The summed E-state index contributed by atoms with van der Waals surface area (Å²) in [6.07, 6.45) is 1.78. The van der Waals surface area contributed by atoms with E-state index in [-0.39, 0.29) is 11.9 Å². The zero-order valence-corrected chi connectivity index (χ0v) is 10.9. The van der Waals surface area contributed by atoms with E-state index in [1.165, 1.54) is 6.07 Å². The molecule has 0 radical (unpaired) electrons. The minimum atomic E-state index is -0.303. The lowest BCUT2D eigenvalue weighted by Crippen LogP contribution is -2.07. The summed E-state index contributed by atoms with van der Waals surface area (Å²) in [5, 5.41) is 4.36. The van der Waals surface area contributed by atoms with E-state index in [9.17, 15) is 4.39 Å². The van der Waals surface area contributed by atoms with Crippen LogP contribution in [0.15, 0.2) is 30.5 Å². The molecule has 2 aromatic rings. The first kappa shape index (κ1) is 12.8. The van der Waals surface area contributed by atoms with Crippen LogP contribution in [-0.2, 0) is 0 Å². The van der Waals surface area contributed by atoms with Gasteiger partial charge in [0.2, 0.25) is 0 Å². The topological polar surface area (TPSA) is 43.8 Å². The van der Waals surface area contributed by atoms with E-state index in [2.05, 4.69) is 18.9 Å². The summed E-state index contributed by atoms with van der Waals surface area (Å²) in [5.41, 5.74) is 7.91. The van der Waals surface area contributed by atoms with E-state index < -0.39 is 0 Å². The van der Waals surface area contributed by atoms with Gasteiger partial charge in [-0.25, -0.2) is 9.07 Å². The Morgan fingerprint density at radius 3 is 2.44 bits per heavy atom. The zero-order valence-electron chi connectivity index (χ0n) is 10.9. The molecule has 2 N–H and O–H groups in total. The summed E-state index contributed by atoms with van der Waals surface area (Å²) in [7, 11) is 0. The molecule has 1 aromatic carbocycles. The molecule has 0 saturated heterocycles. The Kier molecular flexibility index (Phi) is 3.48. The second-order valence-electron chi connectivity index (χ2n) is 4.84. The van der Waals surface area contributed by atoms with Crippen LogP contribution in [-0.4, -0.2) is 9.78 Å². The summed E-state index contributed by atoms with van der Waals surface area (Å²) in [4.78, 5) is 0. The summed E-state index contributed by atoms with van der Waals surface area (Å²) < 4.78 is 15.6. The first-order valence-corrected chi connectivity index (χ1v) is 6.10. The third kappa shape index (κ3) is 2.43. The number of halogens is 1. The lowest BCUT2D eigenvalue weighted by Gasteiger charge is -2.09. The van der Waals surface area contributed by atoms with Crippen LogP contribution in [0.1, 0.15) is 44.0 Å². The zero-order chi connectivity index (χ0) is 13.3. The third-order valence-electron chi connectivity index (χ3n) is 2.95. The van der Waals surface area contributed by atoms with E-state index >= 15 is 0 Å². The van der Waals surface area contributed by atoms with Crippen LogP contribution in [0.4, 0.5) is 4.39 Å². The van der Waals surface area contributed by atoms with Gasteiger partial charge in [-0.05, 0) is 36.6 Å². The van der Waals surface area contributed by atoms with Crippen molar-refractivity contribution < 1.29 is 4.39 Å². The first-order valence-electron chi connectivity index (χ1n) is 6.10. The molecule has 2 rings (SSSR count). The molecule has 1 atom stereocenters. The van der Waals surface area contributed by atoms with Crippen molar-refractivity contribution in [2.45, 2.75) is 32.7 Å². The van der Waals surface area contributed by atoms with Gasteiger partial charge in [0.1, 0.15) is 11.5 Å². The molecule has 3 nitrogen and oxygen atoms in total. The molecule has 0 spiro atoms. The molecule has 4 heteroatoms. The highest BCUT2D eigenvalue weighted by molar-refractivity contribution is 5.37. The summed E-state index contributed by atoms with van der Waals surface area (Å²) in [5.74, 6) is 0.0286. The van der Waals surface area contributed by atoms with E-state index in [0.717, 1.165) is 11.3 Å². The maximum Gasteiger partial charge on any atom is 0.149 e. The van der Waals surface area contributed by atoms with Crippen molar-refractivity contribution in [1.82, 2.24) is 9.78 Å². The van der Waals surface area contributed by atoms with Gasteiger partial charge in [-0.15, -0.1) is 0 Å². The standard InChI is InChI=1S/C14H18FN3/c1-9(2)13-6-7-18(17-13)14-5-4-11(10(3)16)8-12(14)15/h4-10H,16H2,1-3H3/t10-/m0/s1. The minimum Gasteiger partial charge on any atom is -0.324 e. The van der Waals surface area contributed by atoms with Crippen molar-refractivity contribution in [3.63, 3.8) is 0 Å². The van der Waals surface area contributed by atoms with Crippen LogP contribution < -0.4 is 5.73 Å². The van der Waals surface area contributed by atoms with Gasteiger partial charge in [-0.3, -0.25) is 0 Å². The highest BCUT2D eigenvalue weighted by Crippen LogP contribution is 2.19. The van der Waals surface area contributed by atoms with Crippen LogP contribution in [0.25, 0.3) is 5.69 Å². The van der Waals surface area contributed by atoms with E-state index in [1.807, 2.05) is 19.1 Å². The molecular weight excluding hydrogens is 229 g/mol. The number of aromatic nitrogens is 2. The number of rotatable bonds is 3. The lowest BCUT2D eigenvalue weighted by atomic mass is 10.1. The van der Waals surface area contributed by atoms with Crippen molar-refractivity contribution in [2.75, 3.05) is 0 Å². The number of hydrogen-bond donors (Lipinski definition) is 1. The Labute approximate surface area is 106 Å². The quantitative estimate of drug-likeness (QED) is 0.905. The molecule has 0 saturated carbocycles. The van der Waals surface area contributed by atoms with Gasteiger partial charge >= 0.3 is 0 Å². The molecule has 0 amide bonds. The first-order chi connectivity index (χ1) is 8.49. The molecule has 96 valence electrons.